The molecule has 2 fully saturated rings. The lowest BCUT2D eigenvalue weighted by Gasteiger charge is -2.45. The molecule has 3 aliphatic rings. The molecule has 2 aromatic heterocycles. The Bertz CT molecular complexity index is 986. The number of amides is 2. The van der Waals surface area contributed by atoms with Gasteiger partial charge in [-0.2, -0.15) is 0 Å². The minimum Gasteiger partial charge on any atom is -0.463 e. The molecule has 4 heterocycles. The second kappa shape index (κ2) is 9.98. The second-order valence-electron chi connectivity index (χ2n) is 10.5. The van der Waals surface area contributed by atoms with Crippen LogP contribution in [0.25, 0.3) is 11.5 Å². The molecule has 2 aliphatic heterocycles. The summed E-state index contributed by atoms with van der Waals surface area (Å²) >= 11 is 0. The molecule has 5 rings (SSSR count). The Labute approximate surface area is 202 Å². The first-order valence-electron chi connectivity index (χ1n) is 13.1. The van der Waals surface area contributed by atoms with E-state index in [-0.39, 0.29) is 17.9 Å². The van der Waals surface area contributed by atoms with Crippen LogP contribution in [0.2, 0.25) is 0 Å². The summed E-state index contributed by atoms with van der Waals surface area (Å²) in [6.07, 6.45) is 12.0. The van der Waals surface area contributed by atoms with Crippen LogP contribution < -0.4 is 5.32 Å². The number of furan rings is 1. The van der Waals surface area contributed by atoms with Crippen LogP contribution in [0.4, 0.5) is 0 Å². The molecule has 34 heavy (non-hydrogen) atoms. The summed E-state index contributed by atoms with van der Waals surface area (Å²) in [5.74, 6) is 0.618. The third-order valence-electron chi connectivity index (χ3n) is 8.01. The predicted octanol–water partition coefficient (Wildman–Crippen LogP) is 4.29. The van der Waals surface area contributed by atoms with E-state index < -0.39 is 5.54 Å². The third-order valence-corrected chi connectivity index (χ3v) is 8.01. The molecule has 184 valence electrons. The Hall–Kier alpha value is -2.54. The number of carbonyl (C=O) groups is 2. The van der Waals surface area contributed by atoms with Gasteiger partial charge in [-0.15, -0.1) is 0 Å². The van der Waals surface area contributed by atoms with Crippen molar-refractivity contribution in [2.75, 3.05) is 26.2 Å². The summed E-state index contributed by atoms with van der Waals surface area (Å²) in [7, 11) is 0. The molecule has 2 aromatic rings. The number of likely N-dealkylation sites (tertiary alicyclic amines) is 1. The van der Waals surface area contributed by atoms with Crippen LogP contribution in [0.3, 0.4) is 0 Å². The van der Waals surface area contributed by atoms with Crippen LogP contribution in [0.1, 0.15) is 75.2 Å². The smallest absolute Gasteiger partial charge is 0.271 e. The molecule has 0 unspecified atom stereocenters. The molecule has 1 N–H and O–H groups in total. The fourth-order valence-corrected chi connectivity index (χ4v) is 5.99. The highest BCUT2D eigenvalue weighted by molar-refractivity contribution is 6.00. The van der Waals surface area contributed by atoms with E-state index in [1.54, 1.807) is 6.26 Å². The molecule has 1 atom stereocenters. The zero-order valence-electron chi connectivity index (χ0n) is 20.4. The Morgan fingerprint density at radius 2 is 1.76 bits per heavy atom. The van der Waals surface area contributed by atoms with Crippen LogP contribution in [0.15, 0.2) is 34.9 Å². The highest BCUT2D eigenvalue weighted by Gasteiger charge is 2.48. The summed E-state index contributed by atoms with van der Waals surface area (Å²) in [4.78, 5) is 31.9. The average molecular weight is 467 g/mol. The van der Waals surface area contributed by atoms with Gasteiger partial charge in [0.05, 0.1) is 18.5 Å². The van der Waals surface area contributed by atoms with Gasteiger partial charge in [0.15, 0.2) is 0 Å². The molecule has 1 saturated carbocycles. The van der Waals surface area contributed by atoms with E-state index in [0.717, 1.165) is 57.4 Å². The van der Waals surface area contributed by atoms with Crippen molar-refractivity contribution in [3.63, 3.8) is 0 Å². The number of fused-ring (bicyclic) bond motifs is 1. The Morgan fingerprint density at radius 3 is 2.50 bits per heavy atom. The Morgan fingerprint density at radius 1 is 1.03 bits per heavy atom. The van der Waals surface area contributed by atoms with Gasteiger partial charge in [-0.25, -0.2) is 0 Å². The maximum absolute atomic E-state index is 13.8. The largest absolute Gasteiger partial charge is 0.463 e. The molecule has 7 heteroatoms. The summed E-state index contributed by atoms with van der Waals surface area (Å²) in [5.41, 5.74) is 0.536. The van der Waals surface area contributed by atoms with Crippen LogP contribution in [0, 0.1) is 0 Å². The normalized spacial score (nSPS) is 24.3. The van der Waals surface area contributed by atoms with E-state index in [0.29, 0.717) is 24.5 Å². The fraction of sp³-hybridized carbons (Fsp3) is 0.630. The molecule has 7 nitrogen and oxygen atoms in total. The summed E-state index contributed by atoms with van der Waals surface area (Å²) in [5, 5.41) is 3.32. The van der Waals surface area contributed by atoms with E-state index in [4.69, 9.17) is 4.42 Å². The Kier molecular flexibility index (Phi) is 6.82. The minimum absolute atomic E-state index is 0.0320. The van der Waals surface area contributed by atoms with Gasteiger partial charge < -0.3 is 24.1 Å². The van der Waals surface area contributed by atoms with E-state index in [1.807, 2.05) is 40.7 Å². The molecular formula is C27H38N4O3. The second-order valence-corrected chi connectivity index (χ2v) is 10.5. The van der Waals surface area contributed by atoms with E-state index in [9.17, 15) is 9.59 Å². The zero-order valence-corrected chi connectivity index (χ0v) is 20.4. The van der Waals surface area contributed by atoms with Gasteiger partial charge in [-0.3, -0.25) is 9.59 Å². The first-order chi connectivity index (χ1) is 16.6. The third kappa shape index (κ3) is 4.54. The first-order valence-corrected chi connectivity index (χ1v) is 13.1. The van der Waals surface area contributed by atoms with Crippen molar-refractivity contribution in [3.05, 3.63) is 36.2 Å². The van der Waals surface area contributed by atoms with E-state index in [1.165, 1.54) is 25.7 Å². The molecule has 1 aliphatic carbocycles. The number of hydrogen-bond acceptors (Lipinski definition) is 4. The fourth-order valence-electron chi connectivity index (χ4n) is 5.99. The van der Waals surface area contributed by atoms with Crippen molar-refractivity contribution in [2.45, 2.75) is 82.8 Å². The minimum atomic E-state index is -0.941. The highest BCUT2D eigenvalue weighted by Crippen LogP contribution is 2.34. The SMILES string of the molecule is C[C@]1(C(=O)NC2CCCCC2)Cn2c(ccc2-c2ccco2)C(=O)N1CCCN1CCCCC1. The molecule has 0 radical (unpaired) electrons. The Balaban J connectivity index is 1.39. The van der Waals surface area contributed by atoms with Crippen molar-refractivity contribution in [3.8, 4) is 11.5 Å². The number of hydrogen-bond donors (Lipinski definition) is 1. The topological polar surface area (TPSA) is 70.7 Å². The monoisotopic (exact) mass is 466 g/mol. The van der Waals surface area contributed by atoms with Crippen LogP contribution in [0.5, 0.6) is 0 Å². The van der Waals surface area contributed by atoms with Crippen molar-refractivity contribution in [1.29, 1.82) is 0 Å². The molecule has 2 amide bonds. The van der Waals surface area contributed by atoms with Gasteiger partial charge in [0.25, 0.3) is 5.91 Å². The molecule has 0 aromatic carbocycles. The highest BCUT2D eigenvalue weighted by atomic mass is 16.3. The lowest BCUT2D eigenvalue weighted by molar-refractivity contribution is -0.133. The number of aromatic nitrogens is 1. The van der Waals surface area contributed by atoms with Crippen LogP contribution in [-0.4, -0.2) is 63.9 Å². The van der Waals surface area contributed by atoms with Gasteiger partial charge in [0, 0.05) is 12.6 Å². The van der Waals surface area contributed by atoms with Gasteiger partial charge in [0.1, 0.15) is 17.0 Å². The summed E-state index contributed by atoms with van der Waals surface area (Å²) in [6, 6.07) is 7.76. The first kappa shape index (κ1) is 23.2. The van der Waals surface area contributed by atoms with Crippen molar-refractivity contribution in [2.24, 2.45) is 0 Å². The molecular weight excluding hydrogens is 428 g/mol. The number of rotatable bonds is 7. The number of nitrogens with one attached hydrogen (secondary N) is 1. The van der Waals surface area contributed by atoms with E-state index >= 15 is 0 Å². The maximum atomic E-state index is 13.8. The van der Waals surface area contributed by atoms with Crippen molar-refractivity contribution in [1.82, 2.24) is 19.7 Å². The van der Waals surface area contributed by atoms with E-state index in [2.05, 4.69) is 10.2 Å². The molecule has 1 saturated heterocycles. The standard InChI is InChI=1S/C27H38N4O3/c1-27(26(33)28-21-10-4-2-5-11-21)20-30-22(24-12-8-19-34-24)13-14-23(30)25(32)31(27)18-9-17-29-15-6-3-7-16-29/h8,12-14,19,21H,2-7,9-11,15-18,20H2,1H3,(H,28,33)/t27-/m1/s1. The number of carbonyl (C=O) groups excluding carboxylic acids is 2. The molecule has 0 bridgehead atoms. The summed E-state index contributed by atoms with van der Waals surface area (Å²) < 4.78 is 7.61. The maximum Gasteiger partial charge on any atom is 0.271 e. The zero-order chi connectivity index (χ0) is 23.5. The average Bonchev–Trinajstić information content (AvgIpc) is 3.52. The van der Waals surface area contributed by atoms with Gasteiger partial charge in [-0.1, -0.05) is 25.7 Å². The van der Waals surface area contributed by atoms with Gasteiger partial charge >= 0.3 is 0 Å². The lowest BCUT2D eigenvalue weighted by atomic mass is 9.91. The van der Waals surface area contributed by atoms with Crippen molar-refractivity contribution < 1.29 is 14.0 Å². The van der Waals surface area contributed by atoms with Crippen LogP contribution in [-0.2, 0) is 11.3 Å². The van der Waals surface area contributed by atoms with Gasteiger partial charge in [0.2, 0.25) is 5.91 Å². The van der Waals surface area contributed by atoms with Gasteiger partial charge in [-0.05, 0) is 82.9 Å². The van der Waals surface area contributed by atoms with Crippen molar-refractivity contribution >= 4 is 11.8 Å². The number of nitrogens with zero attached hydrogens (tertiary/aromatic N) is 3. The predicted molar refractivity (Wildman–Crippen MR) is 131 cm³/mol. The molecule has 0 spiro atoms. The number of piperidine rings is 1. The quantitative estimate of drug-likeness (QED) is 0.661. The van der Waals surface area contributed by atoms with Crippen LogP contribution >= 0.6 is 0 Å². The lowest BCUT2D eigenvalue weighted by Crippen LogP contribution is -2.65. The summed E-state index contributed by atoms with van der Waals surface area (Å²) in [6.45, 7) is 6.22.